The number of alkyl halides is 3. The van der Waals surface area contributed by atoms with E-state index in [1.54, 1.807) is 12.3 Å². The van der Waals surface area contributed by atoms with Crippen LogP contribution >= 0.6 is 0 Å². The van der Waals surface area contributed by atoms with Crippen molar-refractivity contribution in [1.29, 1.82) is 0 Å². The summed E-state index contributed by atoms with van der Waals surface area (Å²) in [4.78, 5) is 45.0. The maximum atomic E-state index is 13.1. The Morgan fingerprint density at radius 3 is 2.55 bits per heavy atom. The maximum Gasteiger partial charge on any atom is 0.391 e. The molecule has 1 N–H and O–H groups in total. The van der Waals surface area contributed by atoms with Crippen LogP contribution in [0.25, 0.3) is 16.8 Å². The van der Waals surface area contributed by atoms with Crippen LogP contribution < -0.4 is 5.32 Å². The summed E-state index contributed by atoms with van der Waals surface area (Å²) in [5, 5.41) is 2.31. The van der Waals surface area contributed by atoms with Gasteiger partial charge in [0.25, 0.3) is 5.91 Å². The zero-order valence-corrected chi connectivity index (χ0v) is 20.5. The van der Waals surface area contributed by atoms with Crippen LogP contribution in [0.1, 0.15) is 47.2 Å². The zero-order valence-electron chi connectivity index (χ0n) is 20.5. The summed E-state index contributed by atoms with van der Waals surface area (Å²) in [7, 11) is 0. The Labute approximate surface area is 216 Å². The van der Waals surface area contributed by atoms with Crippen molar-refractivity contribution in [2.24, 2.45) is 5.92 Å². The molecular formula is C27H26F3N5O3. The van der Waals surface area contributed by atoms with Crippen LogP contribution in [-0.4, -0.2) is 62.2 Å². The SMILES string of the molecule is O=C1CCC(N2Cc3cc(-c4cc(CN5CCC(C(F)(F)F)CC5)cn5ccnc45)ccc3C2=O)C(=O)N1. The number of imide groups is 1. The average Bonchev–Trinajstić information content (AvgIpc) is 3.47. The van der Waals surface area contributed by atoms with Crippen molar-refractivity contribution in [3.05, 3.63) is 59.5 Å². The van der Waals surface area contributed by atoms with Crippen molar-refractivity contribution in [1.82, 2.24) is 24.5 Å². The number of pyridine rings is 1. The van der Waals surface area contributed by atoms with Crippen LogP contribution in [0.3, 0.4) is 0 Å². The number of benzene rings is 1. The van der Waals surface area contributed by atoms with Crippen molar-refractivity contribution in [2.75, 3.05) is 13.1 Å². The van der Waals surface area contributed by atoms with Crippen molar-refractivity contribution in [2.45, 2.75) is 51.0 Å². The first-order valence-corrected chi connectivity index (χ1v) is 12.7. The molecule has 0 aliphatic carbocycles. The molecule has 6 rings (SSSR count). The second kappa shape index (κ2) is 9.23. The van der Waals surface area contributed by atoms with Crippen molar-refractivity contribution < 1.29 is 27.6 Å². The summed E-state index contributed by atoms with van der Waals surface area (Å²) in [6, 6.07) is 6.87. The molecule has 3 amide bonds. The number of carbonyl (C=O) groups excluding carboxylic acids is 3. The van der Waals surface area contributed by atoms with E-state index in [9.17, 15) is 27.6 Å². The van der Waals surface area contributed by atoms with E-state index in [1.807, 2.05) is 39.9 Å². The highest BCUT2D eigenvalue weighted by Crippen LogP contribution is 2.36. The largest absolute Gasteiger partial charge is 0.391 e. The lowest BCUT2D eigenvalue weighted by Crippen LogP contribution is -2.52. The van der Waals surface area contributed by atoms with E-state index in [0.717, 1.165) is 27.9 Å². The Balaban J connectivity index is 1.25. The van der Waals surface area contributed by atoms with Gasteiger partial charge in [0.15, 0.2) is 0 Å². The lowest BCUT2D eigenvalue weighted by atomic mass is 9.95. The van der Waals surface area contributed by atoms with Crippen molar-refractivity contribution >= 4 is 23.4 Å². The summed E-state index contributed by atoms with van der Waals surface area (Å²) in [6.45, 7) is 1.57. The predicted octanol–water partition coefficient (Wildman–Crippen LogP) is 3.54. The zero-order chi connectivity index (χ0) is 26.6. The fraction of sp³-hybridized carbons (Fsp3) is 0.407. The number of aromatic nitrogens is 2. The standard InChI is InChI=1S/C27H26F3N5O3/c28-27(29,30)19-5-8-33(9-6-19)13-16-11-21(24-31-7-10-34(24)14-16)17-1-2-20-18(12-17)15-35(26(20)38)22-3-4-23(36)32-25(22)37/h1-2,7,10-12,14,19,22H,3-6,8-9,13,15H2,(H,32,36,37). The van der Waals surface area contributed by atoms with E-state index in [1.165, 1.54) is 4.90 Å². The normalized spacial score (nSPS) is 21.3. The first-order chi connectivity index (χ1) is 18.2. The molecule has 198 valence electrons. The molecule has 0 bridgehead atoms. The van der Waals surface area contributed by atoms with E-state index in [4.69, 9.17) is 0 Å². The molecule has 2 saturated heterocycles. The summed E-state index contributed by atoms with van der Waals surface area (Å²) in [5.74, 6) is -2.25. The number of amides is 3. The van der Waals surface area contributed by atoms with Crippen LogP contribution in [0, 0.1) is 5.92 Å². The molecule has 3 aromatic rings. The molecule has 0 saturated carbocycles. The van der Waals surface area contributed by atoms with Gasteiger partial charge in [0.1, 0.15) is 11.7 Å². The molecule has 8 nitrogen and oxygen atoms in total. The van der Waals surface area contributed by atoms with Crippen LogP contribution in [0.2, 0.25) is 0 Å². The molecule has 3 aliphatic heterocycles. The lowest BCUT2D eigenvalue weighted by Gasteiger charge is -2.32. The molecule has 3 aliphatic rings. The van der Waals surface area contributed by atoms with E-state index >= 15 is 0 Å². The van der Waals surface area contributed by atoms with Gasteiger partial charge < -0.3 is 9.30 Å². The first kappa shape index (κ1) is 24.6. The van der Waals surface area contributed by atoms with Gasteiger partial charge in [-0.3, -0.25) is 24.6 Å². The van der Waals surface area contributed by atoms with Crippen LogP contribution in [0.5, 0.6) is 0 Å². The molecule has 1 atom stereocenters. The molecule has 2 aromatic heterocycles. The third-order valence-electron chi connectivity index (χ3n) is 7.84. The quantitative estimate of drug-likeness (QED) is 0.527. The molecule has 1 aromatic carbocycles. The van der Waals surface area contributed by atoms with E-state index in [2.05, 4.69) is 10.3 Å². The number of likely N-dealkylation sites (tertiary alicyclic amines) is 1. The molecular weight excluding hydrogens is 499 g/mol. The summed E-state index contributed by atoms with van der Waals surface area (Å²) in [6.07, 6.45) is 2.03. The average molecular weight is 526 g/mol. The number of nitrogens with zero attached hydrogens (tertiary/aromatic N) is 4. The highest BCUT2D eigenvalue weighted by molar-refractivity contribution is 6.05. The number of fused-ring (bicyclic) bond motifs is 2. The Bertz CT molecular complexity index is 1440. The molecule has 0 spiro atoms. The number of hydrogen-bond acceptors (Lipinski definition) is 5. The smallest absolute Gasteiger partial charge is 0.322 e. The number of hydrogen-bond donors (Lipinski definition) is 1. The van der Waals surface area contributed by atoms with Crippen LogP contribution in [0.4, 0.5) is 13.2 Å². The minimum absolute atomic E-state index is 0.103. The van der Waals surface area contributed by atoms with E-state index in [0.29, 0.717) is 31.6 Å². The minimum Gasteiger partial charge on any atom is -0.322 e. The second-order valence-corrected chi connectivity index (χ2v) is 10.3. The predicted molar refractivity (Wildman–Crippen MR) is 131 cm³/mol. The molecule has 5 heterocycles. The highest BCUT2D eigenvalue weighted by atomic mass is 19.4. The van der Waals surface area contributed by atoms with Crippen LogP contribution in [-0.2, 0) is 22.7 Å². The molecule has 11 heteroatoms. The fourth-order valence-corrected chi connectivity index (χ4v) is 5.81. The number of carbonyl (C=O) groups is 3. The number of piperidine rings is 2. The van der Waals surface area contributed by atoms with Gasteiger partial charge in [-0.2, -0.15) is 13.2 Å². The summed E-state index contributed by atoms with van der Waals surface area (Å²) in [5.41, 5.74) is 4.72. The van der Waals surface area contributed by atoms with Crippen molar-refractivity contribution in [3.8, 4) is 11.1 Å². The topological polar surface area (TPSA) is 87.0 Å². The van der Waals surface area contributed by atoms with E-state index in [-0.39, 0.29) is 37.6 Å². The van der Waals surface area contributed by atoms with Gasteiger partial charge in [0, 0.05) is 49.2 Å². The van der Waals surface area contributed by atoms with Gasteiger partial charge in [-0.15, -0.1) is 0 Å². The Kier molecular flexibility index (Phi) is 5.97. The van der Waals surface area contributed by atoms with E-state index < -0.39 is 24.0 Å². The Hall–Kier alpha value is -3.73. The molecule has 38 heavy (non-hydrogen) atoms. The third-order valence-corrected chi connectivity index (χ3v) is 7.84. The number of rotatable bonds is 4. The number of halogens is 3. The van der Waals surface area contributed by atoms with Gasteiger partial charge in [-0.25, -0.2) is 4.98 Å². The first-order valence-electron chi connectivity index (χ1n) is 12.7. The molecule has 0 radical (unpaired) electrons. The minimum atomic E-state index is -4.14. The lowest BCUT2D eigenvalue weighted by molar-refractivity contribution is -0.185. The van der Waals surface area contributed by atoms with Gasteiger partial charge in [0.2, 0.25) is 11.8 Å². The highest BCUT2D eigenvalue weighted by Gasteiger charge is 2.41. The monoisotopic (exact) mass is 525 g/mol. The molecule has 1 unspecified atom stereocenters. The Morgan fingerprint density at radius 1 is 1.03 bits per heavy atom. The van der Waals surface area contributed by atoms with Gasteiger partial charge >= 0.3 is 6.18 Å². The maximum absolute atomic E-state index is 13.1. The molecule has 2 fully saturated rings. The number of nitrogens with one attached hydrogen (secondary N) is 1. The van der Waals surface area contributed by atoms with Gasteiger partial charge in [0.05, 0.1) is 5.92 Å². The Morgan fingerprint density at radius 2 is 1.82 bits per heavy atom. The fourth-order valence-electron chi connectivity index (χ4n) is 5.81. The van der Waals surface area contributed by atoms with Gasteiger partial charge in [-0.05, 0) is 67.2 Å². The van der Waals surface area contributed by atoms with Crippen molar-refractivity contribution in [3.63, 3.8) is 0 Å². The second-order valence-electron chi connectivity index (χ2n) is 10.3. The third kappa shape index (κ3) is 4.44. The van der Waals surface area contributed by atoms with Crippen LogP contribution in [0.15, 0.2) is 42.9 Å². The summed E-state index contributed by atoms with van der Waals surface area (Å²) >= 11 is 0. The summed E-state index contributed by atoms with van der Waals surface area (Å²) < 4.78 is 41.1. The van der Waals surface area contributed by atoms with Gasteiger partial charge in [-0.1, -0.05) is 6.07 Å². The number of imidazole rings is 1.